The van der Waals surface area contributed by atoms with Crippen LogP contribution < -0.4 is 5.32 Å². The number of anilines is 1. The van der Waals surface area contributed by atoms with Crippen molar-refractivity contribution < 1.29 is 14.7 Å². The van der Waals surface area contributed by atoms with Gasteiger partial charge < -0.3 is 10.4 Å². The standard InChI is InChI=1S/C13H18N2O3S/c1-13(2,6-11(17)18)5-10(16)15-12-14-9(7-19-12)8-3-4-8/h7-8H,3-6H2,1-2H3,(H,17,18)(H,14,15,16). The maximum Gasteiger partial charge on any atom is 0.303 e. The van der Waals surface area contributed by atoms with Crippen molar-refractivity contribution in [3.05, 3.63) is 11.1 Å². The van der Waals surface area contributed by atoms with Crippen LogP contribution in [-0.4, -0.2) is 22.0 Å². The van der Waals surface area contributed by atoms with Crippen LogP contribution in [0.15, 0.2) is 5.38 Å². The number of carbonyl (C=O) groups is 2. The second-order valence-corrected chi connectivity index (χ2v) is 6.67. The smallest absolute Gasteiger partial charge is 0.303 e. The summed E-state index contributed by atoms with van der Waals surface area (Å²) < 4.78 is 0. The fourth-order valence-electron chi connectivity index (χ4n) is 1.98. The van der Waals surface area contributed by atoms with Crippen molar-refractivity contribution in [1.29, 1.82) is 0 Å². The molecule has 5 nitrogen and oxygen atoms in total. The molecule has 104 valence electrons. The Balaban J connectivity index is 1.87. The number of amides is 1. The van der Waals surface area contributed by atoms with Gasteiger partial charge in [0.15, 0.2) is 5.13 Å². The summed E-state index contributed by atoms with van der Waals surface area (Å²) in [6.45, 7) is 3.55. The van der Waals surface area contributed by atoms with Gasteiger partial charge in [-0.3, -0.25) is 9.59 Å². The second-order valence-electron chi connectivity index (χ2n) is 5.81. The Kier molecular flexibility index (Phi) is 3.89. The van der Waals surface area contributed by atoms with Gasteiger partial charge in [0.2, 0.25) is 5.91 Å². The van der Waals surface area contributed by atoms with Crippen molar-refractivity contribution in [2.45, 2.75) is 45.4 Å². The molecule has 19 heavy (non-hydrogen) atoms. The van der Waals surface area contributed by atoms with Crippen LogP contribution in [0.3, 0.4) is 0 Å². The minimum absolute atomic E-state index is 0.0222. The number of aliphatic carboxylic acids is 1. The lowest BCUT2D eigenvalue weighted by Gasteiger charge is -2.20. The fourth-order valence-corrected chi connectivity index (χ4v) is 2.79. The van der Waals surface area contributed by atoms with E-state index in [0.29, 0.717) is 11.0 Å². The SMILES string of the molecule is CC(C)(CC(=O)O)CC(=O)Nc1nc(C2CC2)cs1. The third-order valence-electron chi connectivity index (χ3n) is 3.03. The zero-order valence-electron chi connectivity index (χ0n) is 11.1. The van der Waals surface area contributed by atoms with E-state index in [4.69, 9.17) is 5.11 Å². The van der Waals surface area contributed by atoms with E-state index in [-0.39, 0.29) is 18.7 Å². The first-order valence-corrected chi connectivity index (χ1v) is 7.21. The molecule has 0 bridgehead atoms. The highest BCUT2D eigenvalue weighted by Crippen LogP contribution is 2.40. The van der Waals surface area contributed by atoms with Crippen LogP contribution in [0.5, 0.6) is 0 Å². The number of rotatable bonds is 6. The van der Waals surface area contributed by atoms with Crippen molar-refractivity contribution >= 4 is 28.3 Å². The number of aromatic nitrogens is 1. The fraction of sp³-hybridized carbons (Fsp3) is 0.615. The number of carboxylic acids is 1. The second kappa shape index (κ2) is 5.28. The van der Waals surface area contributed by atoms with Crippen molar-refractivity contribution in [3.63, 3.8) is 0 Å². The Labute approximate surface area is 116 Å². The summed E-state index contributed by atoms with van der Waals surface area (Å²) in [5.74, 6) is -0.489. The first-order chi connectivity index (χ1) is 8.85. The number of hydrogen-bond acceptors (Lipinski definition) is 4. The van der Waals surface area contributed by atoms with Crippen LogP contribution in [0.25, 0.3) is 0 Å². The third kappa shape index (κ3) is 4.31. The van der Waals surface area contributed by atoms with Crippen molar-refractivity contribution in [2.75, 3.05) is 5.32 Å². The molecule has 2 rings (SSSR count). The Morgan fingerprint density at radius 3 is 2.74 bits per heavy atom. The van der Waals surface area contributed by atoms with Gasteiger partial charge in [-0.05, 0) is 18.3 Å². The topological polar surface area (TPSA) is 79.3 Å². The lowest BCUT2D eigenvalue weighted by Crippen LogP contribution is -2.24. The Morgan fingerprint density at radius 1 is 1.47 bits per heavy atom. The van der Waals surface area contributed by atoms with Gasteiger partial charge in [0, 0.05) is 17.7 Å². The molecule has 2 N–H and O–H groups in total. The lowest BCUT2D eigenvalue weighted by molar-refractivity contribution is -0.139. The monoisotopic (exact) mass is 282 g/mol. The molecule has 0 saturated heterocycles. The largest absolute Gasteiger partial charge is 0.481 e. The number of carbonyl (C=O) groups excluding carboxylic acids is 1. The van der Waals surface area contributed by atoms with Crippen LogP contribution in [0, 0.1) is 5.41 Å². The van der Waals surface area contributed by atoms with Crippen LogP contribution in [0.1, 0.15) is 51.1 Å². The minimum Gasteiger partial charge on any atom is -0.481 e. The van der Waals surface area contributed by atoms with Gasteiger partial charge in [0.05, 0.1) is 12.1 Å². The average molecular weight is 282 g/mol. The van der Waals surface area contributed by atoms with E-state index >= 15 is 0 Å². The Bertz CT molecular complexity index is 492. The first-order valence-electron chi connectivity index (χ1n) is 6.33. The Morgan fingerprint density at radius 2 is 2.16 bits per heavy atom. The van der Waals surface area contributed by atoms with Crippen molar-refractivity contribution in [2.24, 2.45) is 5.41 Å². The van der Waals surface area contributed by atoms with E-state index in [9.17, 15) is 9.59 Å². The number of nitrogens with zero attached hydrogens (tertiary/aromatic N) is 1. The molecule has 1 aromatic heterocycles. The van der Waals surface area contributed by atoms with Crippen molar-refractivity contribution in [1.82, 2.24) is 4.98 Å². The van der Waals surface area contributed by atoms with Crippen LogP contribution in [0.4, 0.5) is 5.13 Å². The highest BCUT2D eigenvalue weighted by Gasteiger charge is 2.28. The zero-order chi connectivity index (χ0) is 14.0. The van der Waals surface area contributed by atoms with Gasteiger partial charge >= 0.3 is 5.97 Å². The molecule has 0 unspecified atom stereocenters. The molecule has 1 saturated carbocycles. The van der Waals surface area contributed by atoms with Gasteiger partial charge in [-0.2, -0.15) is 0 Å². The molecule has 0 spiro atoms. The molecule has 1 aromatic rings. The lowest BCUT2D eigenvalue weighted by atomic mass is 9.85. The first kappa shape index (κ1) is 14.0. The Hall–Kier alpha value is -1.43. The highest BCUT2D eigenvalue weighted by atomic mass is 32.1. The van der Waals surface area contributed by atoms with E-state index in [1.165, 1.54) is 24.2 Å². The molecule has 0 aliphatic heterocycles. The summed E-state index contributed by atoms with van der Waals surface area (Å²) in [7, 11) is 0. The summed E-state index contributed by atoms with van der Waals surface area (Å²) >= 11 is 1.43. The highest BCUT2D eigenvalue weighted by molar-refractivity contribution is 7.13. The predicted molar refractivity (Wildman–Crippen MR) is 73.4 cm³/mol. The molecular weight excluding hydrogens is 264 g/mol. The number of hydrogen-bond donors (Lipinski definition) is 2. The predicted octanol–water partition coefficient (Wildman–Crippen LogP) is 2.85. The summed E-state index contributed by atoms with van der Waals surface area (Å²) in [6.07, 6.45) is 2.52. The van der Waals surface area contributed by atoms with Gasteiger partial charge in [0.25, 0.3) is 0 Å². The van der Waals surface area contributed by atoms with Crippen LogP contribution in [0.2, 0.25) is 0 Å². The summed E-state index contributed by atoms with van der Waals surface area (Å²) in [6, 6.07) is 0. The molecule has 1 amide bonds. The van der Waals surface area contributed by atoms with E-state index in [1.54, 1.807) is 13.8 Å². The van der Waals surface area contributed by atoms with Gasteiger partial charge in [0.1, 0.15) is 0 Å². The van der Waals surface area contributed by atoms with E-state index in [0.717, 1.165) is 5.69 Å². The molecule has 6 heteroatoms. The summed E-state index contributed by atoms with van der Waals surface area (Å²) in [5, 5.41) is 14.1. The number of thiazole rings is 1. The molecule has 0 aromatic carbocycles. The maximum atomic E-state index is 11.9. The van der Waals surface area contributed by atoms with Crippen molar-refractivity contribution in [3.8, 4) is 0 Å². The minimum atomic E-state index is -0.886. The van der Waals surface area contributed by atoms with Crippen LogP contribution >= 0.6 is 11.3 Å². The number of carboxylic acid groups (broad SMARTS) is 1. The molecule has 1 aliphatic carbocycles. The summed E-state index contributed by atoms with van der Waals surface area (Å²) in [5.41, 5.74) is 0.511. The van der Waals surface area contributed by atoms with E-state index in [2.05, 4.69) is 10.3 Å². The number of nitrogens with one attached hydrogen (secondary N) is 1. The summed E-state index contributed by atoms with van der Waals surface area (Å²) in [4.78, 5) is 26.9. The maximum absolute atomic E-state index is 11.9. The van der Waals surface area contributed by atoms with Crippen LogP contribution in [-0.2, 0) is 9.59 Å². The van der Waals surface area contributed by atoms with Gasteiger partial charge in [-0.15, -0.1) is 11.3 Å². The van der Waals surface area contributed by atoms with Gasteiger partial charge in [-0.1, -0.05) is 13.8 Å². The molecule has 1 heterocycles. The normalized spacial score (nSPS) is 15.3. The average Bonchev–Trinajstić information content (AvgIpc) is 2.97. The zero-order valence-corrected chi connectivity index (χ0v) is 11.9. The molecule has 1 fully saturated rings. The van der Waals surface area contributed by atoms with E-state index < -0.39 is 11.4 Å². The molecule has 0 atom stereocenters. The third-order valence-corrected chi connectivity index (χ3v) is 3.81. The molecule has 0 radical (unpaired) electrons. The van der Waals surface area contributed by atoms with Gasteiger partial charge in [-0.25, -0.2) is 4.98 Å². The molecule has 1 aliphatic rings. The molecular formula is C13H18N2O3S. The quantitative estimate of drug-likeness (QED) is 0.840. The van der Waals surface area contributed by atoms with E-state index in [1.807, 2.05) is 5.38 Å².